The molecule has 0 unspecified atom stereocenters. The molecule has 2 aromatic carbocycles. The van der Waals surface area contributed by atoms with E-state index in [9.17, 15) is 21.4 Å². The van der Waals surface area contributed by atoms with Crippen LogP contribution >= 0.6 is 0 Å². The zero-order valence-electron chi connectivity index (χ0n) is 18.8. The maximum Gasteiger partial charge on any atom is 0.295 e. The highest BCUT2D eigenvalue weighted by atomic mass is 32.2. The summed E-state index contributed by atoms with van der Waals surface area (Å²) in [6, 6.07) is 7.56. The van der Waals surface area contributed by atoms with Gasteiger partial charge >= 0.3 is 0 Å². The Balaban J connectivity index is 0.000000273. The Morgan fingerprint density at radius 2 is 1.52 bits per heavy atom. The van der Waals surface area contributed by atoms with Crippen molar-refractivity contribution in [2.24, 2.45) is 9.98 Å². The fourth-order valence-corrected chi connectivity index (χ4v) is 4.79. The van der Waals surface area contributed by atoms with Crippen LogP contribution in [0.4, 0.5) is 11.4 Å². The van der Waals surface area contributed by atoms with Gasteiger partial charge in [0.15, 0.2) is 0 Å². The molecule has 5 N–H and O–H groups in total. The Bertz CT molecular complexity index is 1390. The summed E-state index contributed by atoms with van der Waals surface area (Å²) in [5, 5.41) is 2.90. The lowest BCUT2D eigenvalue weighted by Crippen LogP contribution is -2.23. The van der Waals surface area contributed by atoms with E-state index in [2.05, 4.69) is 15.3 Å². The minimum absolute atomic E-state index is 0.137. The molecule has 0 heterocycles. The molecule has 0 atom stereocenters. The van der Waals surface area contributed by atoms with Gasteiger partial charge < -0.3 is 11.1 Å². The number of aliphatic imine (C=N–C) groups is 2. The summed E-state index contributed by atoms with van der Waals surface area (Å²) in [6.45, 7) is 3.45. The quantitative estimate of drug-likeness (QED) is 0.372. The van der Waals surface area contributed by atoms with Gasteiger partial charge in [-0.15, -0.1) is 0 Å². The van der Waals surface area contributed by atoms with E-state index in [0.717, 1.165) is 5.57 Å². The number of rotatable bonds is 3. The lowest BCUT2D eigenvalue weighted by Gasteiger charge is -2.22. The summed E-state index contributed by atoms with van der Waals surface area (Å²) in [6.07, 6.45) is 1.85. The van der Waals surface area contributed by atoms with Crippen LogP contribution in [0.3, 0.4) is 0 Å². The summed E-state index contributed by atoms with van der Waals surface area (Å²) in [7, 11) is -3.64. The average molecular weight is 495 g/mol. The molecule has 178 valence electrons. The number of hydrogen-bond donors (Lipinski definition) is 4. The highest BCUT2D eigenvalue weighted by Gasteiger charge is 2.28. The summed E-state index contributed by atoms with van der Waals surface area (Å²) >= 11 is 0. The Kier molecular flexibility index (Phi) is 7.80. The second-order valence-corrected chi connectivity index (χ2v) is 9.91. The van der Waals surface area contributed by atoms with E-state index in [1.165, 1.54) is 12.1 Å². The summed E-state index contributed by atoms with van der Waals surface area (Å²) in [5.74, 6) is 0. The lowest BCUT2D eigenvalue weighted by molar-refractivity contribution is 0.480. The standard InChI is InChI=1S/C14H17N3O3S.C7H9NO3S/c1-8-5-11(16-3)14(17-4)13-10(8)6-9(15-2)7-12(13)21(18,19)20;1-5-2-3-6(8)4-7(5)12(9,10)11/h5-7,15H,1-4H3,(H,18,19,20);2-4H,8H2,1H3,(H,9,10,11). The molecule has 0 bridgehead atoms. The minimum atomic E-state index is -4.38. The van der Waals surface area contributed by atoms with Crippen molar-refractivity contribution in [3.8, 4) is 0 Å². The van der Waals surface area contributed by atoms with Crippen molar-refractivity contribution in [2.45, 2.75) is 23.6 Å². The van der Waals surface area contributed by atoms with Crippen molar-refractivity contribution in [3.63, 3.8) is 0 Å². The SMILES string of the molecule is CN=C1C=C(C)c2cc(NC)cc(S(=O)(=O)O)c2C1=NC.Cc1ccc(N)cc1S(=O)(=O)O. The van der Waals surface area contributed by atoms with E-state index in [4.69, 9.17) is 10.3 Å². The van der Waals surface area contributed by atoms with Gasteiger partial charge in [-0.05, 0) is 60.9 Å². The third kappa shape index (κ3) is 5.85. The van der Waals surface area contributed by atoms with Crippen LogP contribution in [0.15, 0.2) is 56.2 Å². The number of nitrogen functional groups attached to an aromatic ring is 1. The van der Waals surface area contributed by atoms with Crippen LogP contribution in [-0.4, -0.2) is 58.5 Å². The number of allylic oxidation sites excluding steroid dienone is 2. The Hall–Kier alpha value is -3.06. The zero-order chi connectivity index (χ0) is 25.1. The van der Waals surface area contributed by atoms with Crippen LogP contribution in [-0.2, 0) is 20.2 Å². The number of nitrogens with zero attached hydrogens (tertiary/aromatic N) is 2. The van der Waals surface area contributed by atoms with Crippen molar-refractivity contribution < 1.29 is 25.9 Å². The summed E-state index contributed by atoms with van der Waals surface area (Å²) in [4.78, 5) is 7.98. The second kappa shape index (κ2) is 9.83. The van der Waals surface area contributed by atoms with Crippen molar-refractivity contribution in [2.75, 3.05) is 32.2 Å². The zero-order valence-corrected chi connectivity index (χ0v) is 20.4. The third-order valence-electron chi connectivity index (χ3n) is 4.88. The largest absolute Gasteiger partial charge is 0.399 e. The third-order valence-corrected chi connectivity index (χ3v) is 6.75. The van der Waals surface area contributed by atoms with Crippen LogP contribution in [0.5, 0.6) is 0 Å². The number of hydrogen-bond acceptors (Lipinski definition) is 8. The highest BCUT2D eigenvalue weighted by Crippen LogP contribution is 2.33. The van der Waals surface area contributed by atoms with Crippen molar-refractivity contribution in [3.05, 3.63) is 53.1 Å². The number of nitrogens with two attached hydrogens (primary N) is 1. The highest BCUT2D eigenvalue weighted by molar-refractivity contribution is 7.86. The molecular weight excluding hydrogens is 468 g/mol. The molecule has 33 heavy (non-hydrogen) atoms. The van der Waals surface area contributed by atoms with E-state index in [1.54, 1.807) is 40.2 Å². The minimum Gasteiger partial charge on any atom is -0.399 e. The molecule has 0 amide bonds. The van der Waals surface area contributed by atoms with E-state index >= 15 is 0 Å². The first-order chi connectivity index (χ1) is 15.2. The molecular formula is C21H26N4O6S2. The molecule has 1 aliphatic rings. The first-order valence-corrected chi connectivity index (χ1v) is 12.4. The van der Waals surface area contributed by atoms with Crippen LogP contribution < -0.4 is 11.1 Å². The molecule has 2 aromatic rings. The van der Waals surface area contributed by atoms with Gasteiger partial charge in [0.05, 0.1) is 16.3 Å². The maximum absolute atomic E-state index is 11.7. The second-order valence-electron chi connectivity index (χ2n) is 7.13. The van der Waals surface area contributed by atoms with E-state index < -0.39 is 20.2 Å². The maximum atomic E-state index is 11.7. The molecule has 0 aromatic heterocycles. The van der Waals surface area contributed by atoms with Crippen LogP contribution in [0.1, 0.15) is 23.6 Å². The first kappa shape index (κ1) is 26.2. The summed E-state index contributed by atoms with van der Waals surface area (Å²) in [5.41, 5.74) is 9.74. The van der Waals surface area contributed by atoms with Gasteiger partial charge in [-0.25, -0.2) is 0 Å². The smallest absolute Gasteiger partial charge is 0.295 e. The van der Waals surface area contributed by atoms with Crippen molar-refractivity contribution >= 4 is 48.6 Å². The monoisotopic (exact) mass is 494 g/mol. The first-order valence-electron chi connectivity index (χ1n) is 9.54. The molecule has 3 rings (SSSR count). The molecule has 0 radical (unpaired) electrons. The Morgan fingerprint density at radius 3 is 1.97 bits per heavy atom. The van der Waals surface area contributed by atoms with Gasteiger partial charge in [-0.3, -0.25) is 19.1 Å². The molecule has 10 nitrogen and oxygen atoms in total. The summed E-state index contributed by atoms with van der Waals surface area (Å²) < 4.78 is 63.2. The van der Waals surface area contributed by atoms with E-state index in [0.29, 0.717) is 39.5 Å². The fourth-order valence-electron chi connectivity index (χ4n) is 3.29. The fraction of sp³-hybridized carbons (Fsp3) is 0.238. The van der Waals surface area contributed by atoms with Crippen molar-refractivity contribution in [1.29, 1.82) is 0 Å². The average Bonchev–Trinajstić information content (AvgIpc) is 2.73. The number of anilines is 2. The number of nitrogens with one attached hydrogen (secondary N) is 1. The predicted molar refractivity (Wildman–Crippen MR) is 131 cm³/mol. The normalized spacial score (nSPS) is 16.0. The van der Waals surface area contributed by atoms with Crippen LogP contribution in [0.25, 0.3) is 5.57 Å². The van der Waals surface area contributed by atoms with Gasteiger partial charge in [0.1, 0.15) is 4.90 Å². The molecule has 1 aliphatic carbocycles. The van der Waals surface area contributed by atoms with Gasteiger partial charge in [0.25, 0.3) is 20.2 Å². The molecule has 0 aliphatic heterocycles. The van der Waals surface area contributed by atoms with E-state index in [-0.39, 0.29) is 9.79 Å². The Morgan fingerprint density at radius 1 is 0.909 bits per heavy atom. The lowest BCUT2D eigenvalue weighted by atomic mass is 9.88. The molecule has 0 saturated carbocycles. The van der Waals surface area contributed by atoms with Crippen LogP contribution in [0.2, 0.25) is 0 Å². The van der Waals surface area contributed by atoms with Gasteiger partial charge in [-0.1, -0.05) is 6.07 Å². The topological polar surface area (TPSA) is 172 Å². The van der Waals surface area contributed by atoms with E-state index in [1.807, 2.05) is 19.1 Å². The molecule has 0 saturated heterocycles. The predicted octanol–water partition coefficient (Wildman–Crippen LogP) is 2.71. The van der Waals surface area contributed by atoms with Gasteiger partial charge in [0.2, 0.25) is 0 Å². The van der Waals surface area contributed by atoms with Crippen molar-refractivity contribution in [1.82, 2.24) is 0 Å². The van der Waals surface area contributed by atoms with Gasteiger partial charge in [0, 0.05) is 38.1 Å². The van der Waals surface area contributed by atoms with Crippen LogP contribution in [0, 0.1) is 6.92 Å². The number of fused-ring (bicyclic) bond motifs is 1. The molecule has 12 heteroatoms. The molecule has 0 fully saturated rings. The van der Waals surface area contributed by atoms with Gasteiger partial charge in [-0.2, -0.15) is 16.8 Å². The number of benzene rings is 2. The molecule has 0 spiro atoms. The number of aryl methyl sites for hydroxylation is 1. The Labute approximate surface area is 193 Å².